The van der Waals surface area contributed by atoms with E-state index >= 15 is 0 Å². The third kappa shape index (κ3) is 2.65. The Labute approximate surface area is 150 Å². The predicted molar refractivity (Wildman–Crippen MR) is 93.3 cm³/mol. The van der Waals surface area contributed by atoms with Crippen LogP contribution in [0.3, 0.4) is 0 Å². The number of carbonyl (C=O) groups is 2. The van der Waals surface area contributed by atoms with Crippen molar-refractivity contribution in [2.75, 3.05) is 11.4 Å². The van der Waals surface area contributed by atoms with Crippen molar-refractivity contribution < 1.29 is 14.3 Å². The first-order valence-electron chi connectivity index (χ1n) is 8.30. The van der Waals surface area contributed by atoms with Gasteiger partial charge in [0.2, 0.25) is 5.91 Å². The molecule has 1 saturated heterocycles. The Morgan fingerprint density at radius 2 is 2.19 bits per heavy atom. The van der Waals surface area contributed by atoms with Crippen LogP contribution in [0, 0.1) is 11.3 Å². The molecule has 0 bridgehead atoms. The van der Waals surface area contributed by atoms with Gasteiger partial charge in [0, 0.05) is 18.7 Å². The number of carbonyl (C=O) groups excluding carboxylic acids is 2. The zero-order chi connectivity index (χ0) is 18.3. The van der Waals surface area contributed by atoms with E-state index < -0.39 is 0 Å². The Morgan fingerprint density at radius 3 is 2.88 bits per heavy atom. The van der Waals surface area contributed by atoms with Crippen LogP contribution in [-0.2, 0) is 16.0 Å². The minimum absolute atomic E-state index is 0.112. The summed E-state index contributed by atoms with van der Waals surface area (Å²) in [6.07, 6.45) is 1.60. The lowest BCUT2D eigenvalue weighted by molar-refractivity contribution is -0.119. The largest absolute Gasteiger partial charge is 0.442 e. The average Bonchev–Trinajstić information content (AvgIpc) is 3.17. The van der Waals surface area contributed by atoms with Gasteiger partial charge < -0.3 is 10.1 Å². The molecule has 2 aliphatic heterocycles. The zero-order valence-electron chi connectivity index (χ0n) is 14.1. The summed E-state index contributed by atoms with van der Waals surface area (Å²) < 4.78 is 5.41. The molecule has 3 heterocycles. The molecule has 1 fully saturated rings. The molecule has 1 aromatic heterocycles. The van der Waals surface area contributed by atoms with Crippen LogP contribution >= 0.6 is 0 Å². The van der Waals surface area contributed by atoms with Gasteiger partial charge in [0.05, 0.1) is 18.3 Å². The SMILES string of the molecule is CC(=O)NC[C@@H]1OC(=O)N2c3ccc(-c4ccc(C#N)nc4)cc3C[C@@H]12. The number of amides is 2. The second-order valence-electron chi connectivity index (χ2n) is 6.39. The molecule has 2 amide bonds. The Bertz CT molecular complexity index is 933. The maximum Gasteiger partial charge on any atom is 0.415 e. The number of nitrogens with one attached hydrogen (secondary N) is 1. The molecule has 130 valence electrons. The zero-order valence-corrected chi connectivity index (χ0v) is 14.1. The summed E-state index contributed by atoms with van der Waals surface area (Å²) >= 11 is 0. The van der Waals surface area contributed by atoms with Crippen molar-refractivity contribution in [2.45, 2.75) is 25.5 Å². The molecule has 26 heavy (non-hydrogen) atoms. The van der Waals surface area contributed by atoms with Crippen molar-refractivity contribution in [1.82, 2.24) is 10.3 Å². The highest BCUT2D eigenvalue weighted by molar-refractivity contribution is 5.94. The van der Waals surface area contributed by atoms with Crippen LogP contribution in [0.25, 0.3) is 11.1 Å². The third-order valence-electron chi connectivity index (χ3n) is 4.74. The number of benzene rings is 1. The van der Waals surface area contributed by atoms with Crippen LogP contribution < -0.4 is 10.2 Å². The van der Waals surface area contributed by atoms with Crippen molar-refractivity contribution in [3.8, 4) is 17.2 Å². The molecule has 7 nitrogen and oxygen atoms in total. The Kier molecular flexibility index (Phi) is 3.81. The first-order valence-corrected chi connectivity index (χ1v) is 8.30. The number of nitriles is 1. The standard InChI is InChI=1S/C19H16N4O3/c1-11(24)21-10-18-17-7-14-6-12(13-2-4-15(8-20)22-9-13)3-5-16(14)23(17)19(25)26-18/h2-6,9,17-18H,7,10H2,1H3,(H,21,24)/t17-,18-/m0/s1. The van der Waals surface area contributed by atoms with Crippen molar-refractivity contribution in [2.24, 2.45) is 0 Å². The first-order chi connectivity index (χ1) is 12.6. The fourth-order valence-corrected chi connectivity index (χ4v) is 3.51. The molecule has 0 radical (unpaired) electrons. The molecule has 2 aliphatic rings. The van der Waals surface area contributed by atoms with Crippen LogP contribution in [0.5, 0.6) is 0 Å². The molecular weight excluding hydrogens is 332 g/mol. The highest BCUT2D eigenvalue weighted by atomic mass is 16.6. The second kappa shape index (κ2) is 6.15. The molecule has 2 aromatic rings. The van der Waals surface area contributed by atoms with Gasteiger partial charge in [0.1, 0.15) is 17.9 Å². The van der Waals surface area contributed by atoms with Crippen molar-refractivity contribution in [3.63, 3.8) is 0 Å². The lowest BCUT2D eigenvalue weighted by atomic mass is 10.0. The lowest BCUT2D eigenvalue weighted by Crippen LogP contribution is -2.40. The Balaban J connectivity index is 1.60. The fourth-order valence-electron chi connectivity index (χ4n) is 3.51. The molecule has 1 N–H and O–H groups in total. The number of ether oxygens (including phenoxy) is 1. The minimum Gasteiger partial charge on any atom is -0.442 e. The van der Waals surface area contributed by atoms with Crippen molar-refractivity contribution >= 4 is 17.7 Å². The van der Waals surface area contributed by atoms with Crippen LogP contribution in [0.4, 0.5) is 10.5 Å². The summed E-state index contributed by atoms with van der Waals surface area (Å²) in [6, 6.07) is 11.3. The van der Waals surface area contributed by atoms with Crippen LogP contribution in [0.2, 0.25) is 0 Å². The van der Waals surface area contributed by atoms with Gasteiger partial charge in [0.25, 0.3) is 0 Å². The second-order valence-corrected chi connectivity index (χ2v) is 6.39. The van der Waals surface area contributed by atoms with Crippen LogP contribution in [-0.4, -0.2) is 35.7 Å². The number of rotatable bonds is 3. The normalized spacial score (nSPS) is 20.2. The van der Waals surface area contributed by atoms with E-state index in [2.05, 4.69) is 10.3 Å². The molecular formula is C19H16N4O3. The maximum atomic E-state index is 12.2. The number of anilines is 1. The topological polar surface area (TPSA) is 95.3 Å². The number of hydrogen-bond donors (Lipinski definition) is 1. The van der Waals surface area contributed by atoms with E-state index in [4.69, 9.17) is 10.00 Å². The average molecular weight is 348 g/mol. The first kappa shape index (κ1) is 16.1. The molecule has 1 aromatic carbocycles. The van der Waals surface area contributed by atoms with Gasteiger partial charge in [-0.15, -0.1) is 0 Å². The van der Waals surface area contributed by atoms with Crippen molar-refractivity contribution in [1.29, 1.82) is 5.26 Å². The molecule has 0 aliphatic carbocycles. The monoisotopic (exact) mass is 348 g/mol. The summed E-state index contributed by atoms with van der Waals surface area (Å²) in [5.41, 5.74) is 4.17. The number of fused-ring (bicyclic) bond motifs is 3. The van der Waals surface area contributed by atoms with Gasteiger partial charge in [0.15, 0.2) is 0 Å². The van der Waals surface area contributed by atoms with E-state index in [-0.39, 0.29) is 24.1 Å². The summed E-state index contributed by atoms with van der Waals surface area (Å²) in [7, 11) is 0. The summed E-state index contributed by atoms with van der Waals surface area (Å²) in [5, 5.41) is 11.6. The number of nitrogens with zero attached hydrogens (tertiary/aromatic N) is 3. The van der Waals surface area contributed by atoms with Gasteiger partial charge in [-0.25, -0.2) is 9.78 Å². The molecule has 0 saturated carbocycles. The van der Waals surface area contributed by atoms with E-state index in [1.165, 1.54) is 6.92 Å². The predicted octanol–water partition coefficient (Wildman–Crippen LogP) is 2.01. The van der Waals surface area contributed by atoms with E-state index in [1.54, 1.807) is 17.2 Å². The molecule has 0 spiro atoms. The number of cyclic esters (lactones) is 1. The molecule has 0 unspecified atom stereocenters. The summed E-state index contributed by atoms with van der Waals surface area (Å²) in [6.45, 7) is 1.75. The molecule has 2 atom stereocenters. The maximum absolute atomic E-state index is 12.2. The van der Waals surface area contributed by atoms with Crippen molar-refractivity contribution in [3.05, 3.63) is 47.8 Å². The third-order valence-corrected chi connectivity index (χ3v) is 4.74. The van der Waals surface area contributed by atoms with Gasteiger partial charge in [-0.3, -0.25) is 9.69 Å². The summed E-state index contributed by atoms with van der Waals surface area (Å²) in [5.74, 6) is -0.148. The smallest absolute Gasteiger partial charge is 0.415 e. The fraction of sp³-hybridized carbons (Fsp3) is 0.263. The lowest BCUT2D eigenvalue weighted by Gasteiger charge is -2.16. The molecule has 4 rings (SSSR count). The number of hydrogen-bond acceptors (Lipinski definition) is 5. The van der Waals surface area contributed by atoms with E-state index in [1.807, 2.05) is 30.3 Å². The number of pyridine rings is 1. The van der Waals surface area contributed by atoms with E-state index in [0.29, 0.717) is 18.7 Å². The Morgan fingerprint density at radius 1 is 1.38 bits per heavy atom. The van der Waals surface area contributed by atoms with Crippen LogP contribution in [0.1, 0.15) is 18.2 Å². The number of aromatic nitrogens is 1. The quantitative estimate of drug-likeness (QED) is 0.915. The van der Waals surface area contributed by atoms with Gasteiger partial charge in [-0.2, -0.15) is 5.26 Å². The highest BCUT2D eigenvalue weighted by Gasteiger charge is 2.47. The van der Waals surface area contributed by atoms with Crippen LogP contribution in [0.15, 0.2) is 36.5 Å². The van der Waals surface area contributed by atoms with E-state index in [9.17, 15) is 9.59 Å². The van der Waals surface area contributed by atoms with E-state index in [0.717, 1.165) is 22.4 Å². The minimum atomic E-state index is -0.378. The van der Waals surface area contributed by atoms with Gasteiger partial charge >= 0.3 is 6.09 Å². The Hall–Kier alpha value is -3.40. The molecule has 7 heteroatoms. The summed E-state index contributed by atoms with van der Waals surface area (Å²) in [4.78, 5) is 29.2. The highest BCUT2D eigenvalue weighted by Crippen LogP contribution is 2.40. The van der Waals surface area contributed by atoms with Gasteiger partial charge in [-0.05, 0) is 41.8 Å². The van der Waals surface area contributed by atoms with Gasteiger partial charge in [-0.1, -0.05) is 6.07 Å².